The summed E-state index contributed by atoms with van der Waals surface area (Å²) >= 11 is 0. The van der Waals surface area contributed by atoms with Crippen LogP contribution in [-0.2, 0) is 11.2 Å². The van der Waals surface area contributed by atoms with Gasteiger partial charge in [-0.3, -0.25) is 4.79 Å². The molecule has 3 nitrogen and oxygen atoms in total. The number of hydrogen-bond acceptors (Lipinski definition) is 2. The van der Waals surface area contributed by atoms with E-state index >= 15 is 0 Å². The lowest BCUT2D eigenvalue weighted by Crippen LogP contribution is -2.11. The zero-order valence-electron chi connectivity index (χ0n) is 13.7. The van der Waals surface area contributed by atoms with Gasteiger partial charge < -0.3 is 9.52 Å². The second kappa shape index (κ2) is 6.64. The van der Waals surface area contributed by atoms with Crippen molar-refractivity contribution >= 4 is 16.9 Å². The molecule has 3 aromatic rings. The highest BCUT2D eigenvalue weighted by atomic mass is 16.4. The molecule has 0 saturated carbocycles. The highest BCUT2D eigenvalue weighted by molar-refractivity contribution is 5.84. The van der Waals surface area contributed by atoms with Gasteiger partial charge in [-0.05, 0) is 31.2 Å². The average Bonchev–Trinajstić information content (AvgIpc) is 2.97. The summed E-state index contributed by atoms with van der Waals surface area (Å²) in [5.74, 6) is 5.66. The second-order valence-electron chi connectivity index (χ2n) is 6.00. The highest BCUT2D eigenvalue weighted by Gasteiger charge is 2.15. The van der Waals surface area contributed by atoms with Crippen molar-refractivity contribution in [1.82, 2.24) is 0 Å². The largest absolute Gasteiger partial charge is 0.481 e. The van der Waals surface area contributed by atoms with Crippen molar-refractivity contribution in [3.8, 4) is 11.8 Å². The van der Waals surface area contributed by atoms with E-state index in [0.717, 1.165) is 16.5 Å². The maximum atomic E-state index is 11.0. The van der Waals surface area contributed by atoms with Crippen molar-refractivity contribution in [2.45, 2.75) is 20.3 Å². The van der Waals surface area contributed by atoms with Gasteiger partial charge in [0.2, 0.25) is 0 Å². The Hall–Kier alpha value is -2.99. The standard InChI is InChI=1S/C21H18O3/c1-14-6-8-16(9-7-14)10-11-17-4-3-5-18-13-19(24-20(17)18)12-15(2)21(22)23/h3-9,13,15H,12H2,1-2H3,(H,22,23). The Bertz CT molecular complexity index is 937. The molecule has 3 heteroatoms. The molecule has 1 unspecified atom stereocenters. The molecule has 1 atom stereocenters. The quantitative estimate of drug-likeness (QED) is 0.728. The lowest BCUT2D eigenvalue weighted by molar-refractivity contribution is -0.141. The first-order valence-electron chi connectivity index (χ1n) is 7.86. The summed E-state index contributed by atoms with van der Waals surface area (Å²) in [4.78, 5) is 11.0. The molecule has 2 aromatic carbocycles. The maximum absolute atomic E-state index is 11.0. The number of aryl methyl sites for hydroxylation is 1. The van der Waals surface area contributed by atoms with Crippen LogP contribution in [0.3, 0.4) is 0 Å². The SMILES string of the molecule is Cc1ccc(C#Cc2cccc3cc(CC(C)C(=O)O)oc23)cc1. The van der Waals surface area contributed by atoms with E-state index in [9.17, 15) is 4.79 Å². The lowest BCUT2D eigenvalue weighted by atomic mass is 10.1. The van der Waals surface area contributed by atoms with Crippen LogP contribution in [0.4, 0.5) is 0 Å². The molecular weight excluding hydrogens is 300 g/mol. The molecular formula is C21H18O3. The molecule has 0 amide bonds. The van der Waals surface area contributed by atoms with E-state index in [-0.39, 0.29) is 0 Å². The molecule has 3 rings (SSSR count). The first-order chi connectivity index (χ1) is 11.5. The summed E-state index contributed by atoms with van der Waals surface area (Å²) in [5.41, 5.74) is 3.67. The van der Waals surface area contributed by atoms with Gasteiger partial charge in [-0.25, -0.2) is 0 Å². The zero-order chi connectivity index (χ0) is 17.1. The number of rotatable bonds is 3. The van der Waals surface area contributed by atoms with Crippen molar-refractivity contribution in [3.63, 3.8) is 0 Å². The molecule has 0 bridgehead atoms. The Morgan fingerprint density at radius 2 is 1.92 bits per heavy atom. The molecule has 0 aliphatic rings. The minimum Gasteiger partial charge on any atom is -0.481 e. The van der Waals surface area contributed by atoms with Crippen LogP contribution in [-0.4, -0.2) is 11.1 Å². The Morgan fingerprint density at radius 1 is 1.17 bits per heavy atom. The molecule has 0 aliphatic heterocycles. The second-order valence-corrected chi connectivity index (χ2v) is 6.00. The fourth-order valence-electron chi connectivity index (χ4n) is 2.48. The summed E-state index contributed by atoms with van der Waals surface area (Å²) < 4.78 is 5.86. The van der Waals surface area contributed by atoms with Crippen LogP contribution >= 0.6 is 0 Å². The molecule has 0 saturated heterocycles. The maximum Gasteiger partial charge on any atom is 0.306 e. The predicted molar refractivity (Wildman–Crippen MR) is 93.9 cm³/mol. The molecule has 0 aliphatic carbocycles. The van der Waals surface area contributed by atoms with Crippen molar-refractivity contribution < 1.29 is 14.3 Å². The third-order valence-electron chi connectivity index (χ3n) is 3.92. The summed E-state index contributed by atoms with van der Waals surface area (Å²) in [6, 6.07) is 15.7. The van der Waals surface area contributed by atoms with Crippen LogP contribution in [0.1, 0.15) is 29.4 Å². The van der Waals surface area contributed by atoms with Gasteiger partial charge in [-0.1, -0.05) is 48.6 Å². The monoisotopic (exact) mass is 318 g/mol. The van der Waals surface area contributed by atoms with Gasteiger partial charge in [0.1, 0.15) is 11.3 Å². The first kappa shape index (κ1) is 15.9. The van der Waals surface area contributed by atoms with Gasteiger partial charge in [0.05, 0.1) is 11.5 Å². The van der Waals surface area contributed by atoms with E-state index in [1.54, 1.807) is 6.92 Å². The van der Waals surface area contributed by atoms with Gasteiger partial charge in [0.15, 0.2) is 0 Å². The number of carbonyl (C=O) groups is 1. The summed E-state index contributed by atoms with van der Waals surface area (Å²) in [6.07, 6.45) is 0.370. The molecule has 1 N–H and O–H groups in total. The van der Waals surface area contributed by atoms with E-state index in [0.29, 0.717) is 17.8 Å². The topological polar surface area (TPSA) is 50.4 Å². The van der Waals surface area contributed by atoms with E-state index in [2.05, 4.69) is 11.8 Å². The van der Waals surface area contributed by atoms with Gasteiger partial charge >= 0.3 is 5.97 Å². The number of benzene rings is 2. The Morgan fingerprint density at radius 3 is 2.62 bits per heavy atom. The fraction of sp³-hybridized carbons (Fsp3) is 0.190. The number of carboxylic acid groups (broad SMARTS) is 1. The molecule has 120 valence electrons. The van der Waals surface area contributed by atoms with Crippen LogP contribution in [0.25, 0.3) is 11.0 Å². The number of para-hydroxylation sites is 1. The number of furan rings is 1. The average molecular weight is 318 g/mol. The van der Waals surface area contributed by atoms with Crippen molar-refractivity contribution in [3.05, 3.63) is 71.0 Å². The fourth-order valence-corrected chi connectivity index (χ4v) is 2.48. The van der Waals surface area contributed by atoms with Crippen LogP contribution < -0.4 is 0 Å². The van der Waals surface area contributed by atoms with Gasteiger partial charge in [-0.15, -0.1) is 0 Å². The van der Waals surface area contributed by atoms with Crippen LogP contribution in [0, 0.1) is 24.7 Å². The van der Waals surface area contributed by atoms with Gasteiger partial charge in [0.25, 0.3) is 0 Å². The Labute approximate surface area is 140 Å². The Balaban J connectivity index is 1.93. The molecule has 0 radical (unpaired) electrons. The normalized spacial score (nSPS) is 11.8. The summed E-state index contributed by atoms with van der Waals surface area (Å²) in [7, 11) is 0. The Kier molecular flexibility index (Phi) is 4.39. The molecule has 0 spiro atoms. The van der Waals surface area contributed by atoms with Gasteiger partial charge in [0, 0.05) is 17.4 Å². The number of hydrogen-bond donors (Lipinski definition) is 1. The van der Waals surface area contributed by atoms with Gasteiger partial charge in [-0.2, -0.15) is 0 Å². The minimum absolute atomic E-state index is 0.370. The highest BCUT2D eigenvalue weighted by Crippen LogP contribution is 2.24. The van der Waals surface area contributed by atoms with E-state index in [1.165, 1.54) is 5.56 Å². The number of carboxylic acids is 1. The third kappa shape index (κ3) is 3.49. The van der Waals surface area contributed by atoms with Crippen molar-refractivity contribution in [1.29, 1.82) is 0 Å². The van der Waals surface area contributed by atoms with Crippen molar-refractivity contribution in [2.75, 3.05) is 0 Å². The first-order valence-corrected chi connectivity index (χ1v) is 7.86. The summed E-state index contributed by atoms with van der Waals surface area (Å²) in [6.45, 7) is 3.72. The van der Waals surface area contributed by atoms with E-state index in [4.69, 9.17) is 9.52 Å². The molecule has 24 heavy (non-hydrogen) atoms. The number of aliphatic carboxylic acids is 1. The third-order valence-corrected chi connectivity index (χ3v) is 3.92. The van der Waals surface area contributed by atoms with E-state index in [1.807, 2.05) is 55.5 Å². The smallest absolute Gasteiger partial charge is 0.306 e. The van der Waals surface area contributed by atoms with Crippen molar-refractivity contribution in [2.24, 2.45) is 5.92 Å². The summed E-state index contributed by atoms with van der Waals surface area (Å²) in [5, 5.41) is 9.98. The lowest BCUT2D eigenvalue weighted by Gasteiger charge is -2.01. The molecule has 1 heterocycles. The molecule has 1 aromatic heterocycles. The van der Waals surface area contributed by atoms with E-state index < -0.39 is 11.9 Å². The van der Waals surface area contributed by atoms with Crippen LogP contribution in [0.15, 0.2) is 52.9 Å². The predicted octanol–water partition coefficient (Wildman–Crippen LogP) is 4.40. The zero-order valence-corrected chi connectivity index (χ0v) is 13.7. The minimum atomic E-state index is -0.824. The molecule has 0 fully saturated rings. The van der Waals surface area contributed by atoms with Crippen LogP contribution in [0.5, 0.6) is 0 Å². The number of fused-ring (bicyclic) bond motifs is 1. The van der Waals surface area contributed by atoms with Crippen LogP contribution in [0.2, 0.25) is 0 Å².